The molecular formula is C23H30N4O5S. The minimum absolute atomic E-state index is 0.131. The number of nitro benzene ring substituents is 1. The third-order valence-electron chi connectivity index (χ3n) is 5.74. The Morgan fingerprint density at radius 3 is 2.27 bits per heavy atom. The van der Waals surface area contributed by atoms with Gasteiger partial charge in [-0.3, -0.25) is 14.9 Å². The average molecular weight is 475 g/mol. The summed E-state index contributed by atoms with van der Waals surface area (Å²) in [6.07, 6.45) is 4.40. The van der Waals surface area contributed by atoms with E-state index < -0.39 is 20.9 Å². The van der Waals surface area contributed by atoms with E-state index in [-0.39, 0.29) is 16.1 Å². The normalized spacial score (nSPS) is 15.0. The van der Waals surface area contributed by atoms with Crippen LogP contribution in [0.25, 0.3) is 0 Å². The standard InChI is InChI=1S/C23H30N4O5S/c1-25(2)21-12-9-19(17-22(21)27(29)30)23(28)24-14-13-18-7-10-20(11-8-18)33(31,32)26-15-5-3-4-6-16-26/h7-12,17H,3-6,13-16H2,1-2H3,(H,24,28). The Labute approximate surface area is 194 Å². The summed E-state index contributed by atoms with van der Waals surface area (Å²) in [6.45, 7) is 1.44. The van der Waals surface area contributed by atoms with Gasteiger partial charge in [-0.15, -0.1) is 0 Å². The summed E-state index contributed by atoms with van der Waals surface area (Å²) in [7, 11) is -0.0860. The molecule has 1 fully saturated rings. The summed E-state index contributed by atoms with van der Waals surface area (Å²) in [4.78, 5) is 25.2. The molecule has 2 aromatic carbocycles. The summed E-state index contributed by atoms with van der Waals surface area (Å²) in [5.41, 5.74) is 1.39. The summed E-state index contributed by atoms with van der Waals surface area (Å²) in [6, 6.07) is 11.1. The third kappa shape index (κ3) is 6.08. The number of nitrogens with one attached hydrogen (secondary N) is 1. The molecule has 0 unspecified atom stereocenters. The molecule has 0 spiro atoms. The molecule has 0 aromatic heterocycles. The molecule has 10 heteroatoms. The zero-order valence-electron chi connectivity index (χ0n) is 19.0. The van der Waals surface area contributed by atoms with Gasteiger partial charge in [0.15, 0.2) is 0 Å². The number of benzene rings is 2. The van der Waals surface area contributed by atoms with Crippen LogP contribution in [0.1, 0.15) is 41.6 Å². The molecule has 0 bridgehead atoms. The average Bonchev–Trinajstić information content (AvgIpc) is 3.09. The maximum absolute atomic E-state index is 12.9. The van der Waals surface area contributed by atoms with Crippen LogP contribution in [0.2, 0.25) is 0 Å². The van der Waals surface area contributed by atoms with Gasteiger partial charge in [0.05, 0.1) is 9.82 Å². The van der Waals surface area contributed by atoms with Crippen molar-refractivity contribution in [3.05, 3.63) is 63.7 Å². The van der Waals surface area contributed by atoms with Crippen molar-refractivity contribution < 1.29 is 18.1 Å². The van der Waals surface area contributed by atoms with Crippen LogP contribution in [0.15, 0.2) is 47.4 Å². The van der Waals surface area contributed by atoms with E-state index in [1.54, 1.807) is 59.7 Å². The number of carbonyl (C=O) groups excluding carboxylic acids is 1. The second-order valence-corrected chi connectivity index (χ2v) is 10.3. The molecule has 178 valence electrons. The SMILES string of the molecule is CN(C)c1ccc(C(=O)NCCc2ccc(S(=O)(=O)N3CCCCCC3)cc2)cc1[N+](=O)[O-]. The van der Waals surface area contributed by atoms with Crippen LogP contribution in [-0.4, -0.2) is 57.3 Å². The van der Waals surface area contributed by atoms with E-state index >= 15 is 0 Å². The van der Waals surface area contributed by atoms with Crippen molar-refractivity contribution >= 4 is 27.3 Å². The van der Waals surface area contributed by atoms with E-state index in [0.717, 1.165) is 31.2 Å². The van der Waals surface area contributed by atoms with E-state index in [1.165, 1.54) is 6.07 Å². The summed E-state index contributed by atoms with van der Waals surface area (Å²) in [5, 5.41) is 14.1. The number of sulfonamides is 1. The van der Waals surface area contributed by atoms with Gasteiger partial charge in [-0.05, 0) is 49.1 Å². The highest BCUT2D eigenvalue weighted by Crippen LogP contribution is 2.27. The van der Waals surface area contributed by atoms with E-state index in [9.17, 15) is 23.3 Å². The number of anilines is 1. The topological polar surface area (TPSA) is 113 Å². The Bertz CT molecular complexity index is 1090. The van der Waals surface area contributed by atoms with Crippen molar-refractivity contribution in [3.8, 4) is 0 Å². The molecule has 1 N–H and O–H groups in total. The quantitative estimate of drug-likeness (QED) is 0.464. The van der Waals surface area contributed by atoms with Crippen LogP contribution >= 0.6 is 0 Å². The first-order chi connectivity index (χ1) is 15.7. The van der Waals surface area contributed by atoms with E-state index in [1.807, 2.05) is 0 Å². The Balaban J connectivity index is 1.59. The number of carbonyl (C=O) groups is 1. The van der Waals surface area contributed by atoms with Crippen molar-refractivity contribution in [1.29, 1.82) is 0 Å². The highest BCUT2D eigenvalue weighted by molar-refractivity contribution is 7.89. The van der Waals surface area contributed by atoms with Crippen LogP contribution in [0.4, 0.5) is 11.4 Å². The molecule has 0 saturated carbocycles. The minimum Gasteiger partial charge on any atom is -0.372 e. The molecule has 1 aliphatic rings. The Morgan fingerprint density at radius 1 is 1.06 bits per heavy atom. The van der Waals surface area contributed by atoms with Gasteiger partial charge in [0, 0.05) is 45.4 Å². The highest BCUT2D eigenvalue weighted by Gasteiger charge is 2.25. The van der Waals surface area contributed by atoms with Crippen LogP contribution in [-0.2, 0) is 16.4 Å². The third-order valence-corrected chi connectivity index (χ3v) is 7.65. The van der Waals surface area contributed by atoms with Gasteiger partial charge in [-0.1, -0.05) is 25.0 Å². The molecule has 0 atom stereocenters. The monoisotopic (exact) mass is 474 g/mol. The molecule has 0 aliphatic carbocycles. The first-order valence-corrected chi connectivity index (χ1v) is 12.5. The van der Waals surface area contributed by atoms with Gasteiger partial charge in [-0.2, -0.15) is 4.31 Å². The fourth-order valence-electron chi connectivity index (χ4n) is 3.87. The second kappa shape index (κ2) is 10.8. The number of nitrogens with zero attached hydrogens (tertiary/aromatic N) is 3. The first-order valence-electron chi connectivity index (χ1n) is 11.0. The van der Waals surface area contributed by atoms with E-state index in [4.69, 9.17) is 0 Å². The van der Waals surface area contributed by atoms with Crippen molar-refractivity contribution in [1.82, 2.24) is 9.62 Å². The number of nitro groups is 1. The van der Waals surface area contributed by atoms with Gasteiger partial charge in [0.2, 0.25) is 10.0 Å². The number of hydrogen-bond acceptors (Lipinski definition) is 6. The summed E-state index contributed by atoms with van der Waals surface area (Å²) >= 11 is 0. The predicted octanol–water partition coefficient (Wildman–Crippen LogP) is 3.20. The van der Waals surface area contributed by atoms with Gasteiger partial charge >= 0.3 is 0 Å². The largest absolute Gasteiger partial charge is 0.372 e. The van der Waals surface area contributed by atoms with Crippen LogP contribution in [0.5, 0.6) is 0 Å². The number of amides is 1. The number of rotatable bonds is 8. The lowest BCUT2D eigenvalue weighted by Crippen LogP contribution is -2.31. The Hall–Kier alpha value is -2.98. The van der Waals surface area contributed by atoms with E-state index in [0.29, 0.717) is 31.7 Å². The second-order valence-electron chi connectivity index (χ2n) is 8.32. The maximum Gasteiger partial charge on any atom is 0.293 e. The first kappa shape index (κ1) is 24.7. The lowest BCUT2D eigenvalue weighted by Gasteiger charge is -2.20. The summed E-state index contributed by atoms with van der Waals surface area (Å²) < 4.78 is 27.3. The van der Waals surface area contributed by atoms with Gasteiger partial charge in [0.1, 0.15) is 5.69 Å². The van der Waals surface area contributed by atoms with Gasteiger partial charge in [0.25, 0.3) is 11.6 Å². The fourth-order valence-corrected chi connectivity index (χ4v) is 5.39. The maximum atomic E-state index is 12.9. The Morgan fingerprint density at radius 2 is 1.70 bits per heavy atom. The minimum atomic E-state index is -3.49. The lowest BCUT2D eigenvalue weighted by molar-refractivity contribution is -0.384. The molecule has 33 heavy (non-hydrogen) atoms. The molecule has 3 rings (SSSR count). The van der Waals surface area contributed by atoms with Crippen LogP contribution in [0, 0.1) is 10.1 Å². The van der Waals surface area contributed by atoms with Crippen LogP contribution < -0.4 is 10.2 Å². The molecule has 0 radical (unpaired) electrons. The smallest absolute Gasteiger partial charge is 0.293 e. The van der Waals surface area contributed by atoms with E-state index in [2.05, 4.69) is 5.32 Å². The van der Waals surface area contributed by atoms with Crippen molar-refractivity contribution in [2.75, 3.05) is 38.6 Å². The zero-order chi connectivity index (χ0) is 24.0. The lowest BCUT2D eigenvalue weighted by atomic mass is 10.1. The van der Waals surface area contributed by atoms with Gasteiger partial charge in [-0.25, -0.2) is 8.42 Å². The van der Waals surface area contributed by atoms with Crippen molar-refractivity contribution in [2.45, 2.75) is 37.0 Å². The molecule has 2 aromatic rings. The molecular weight excluding hydrogens is 444 g/mol. The highest BCUT2D eigenvalue weighted by atomic mass is 32.2. The molecule has 1 saturated heterocycles. The molecule has 1 heterocycles. The number of hydrogen-bond donors (Lipinski definition) is 1. The van der Waals surface area contributed by atoms with Crippen LogP contribution in [0.3, 0.4) is 0 Å². The molecule has 1 amide bonds. The molecule has 1 aliphatic heterocycles. The van der Waals surface area contributed by atoms with Crippen molar-refractivity contribution in [2.24, 2.45) is 0 Å². The Kier molecular flexibility index (Phi) is 8.04. The van der Waals surface area contributed by atoms with Crippen molar-refractivity contribution in [3.63, 3.8) is 0 Å². The molecule has 9 nitrogen and oxygen atoms in total. The fraction of sp³-hybridized carbons (Fsp3) is 0.435. The predicted molar refractivity (Wildman–Crippen MR) is 127 cm³/mol. The van der Waals surface area contributed by atoms with Gasteiger partial charge < -0.3 is 10.2 Å². The summed E-state index contributed by atoms with van der Waals surface area (Å²) in [5.74, 6) is -0.399. The zero-order valence-corrected chi connectivity index (χ0v) is 19.8.